The fraction of sp³-hybridized carbons (Fsp3) is 0.429. The van der Waals surface area contributed by atoms with E-state index in [1.807, 2.05) is 13.0 Å². The van der Waals surface area contributed by atoms with Crippen molar-refractivity contribution in [3.63, 3.8) is 0 Å². The van der Waals surface area contributed by atoms with Gasteiger partial charge in [0.05, 0.1) is 10.8 Å². The van der Waals surface area contributed by atoms with E-state index < -0.39 is 5.97 Å². The third-order valence-corrected chi connectivity index (χ3v) is 3.69. The fourth-order valence-corrected chi connectivity index (χ4v) is 2.44. The number of unbranched alkanes of at least 4 members (excludes halogenated alkanes) is 1. The SMILES string of the molecule is CCCCNC(=O)C(C)Sc1cccc(C(=O)O)c1. The Balaban J connectivity index is 2.56. The molecule has 104 valence electrons. The average molecular weight is 281 g/mol. The molecule has 4 nitrogen and oxygen atoms in total. The van der Waals surface area contributed by atoms with Crippen molar-refractivity contribution in [1.82, 2.24) is 5.32 Å². The largest absolute Gasteiger partial charge is 0.478 e. The van der Waals surface area contributed by atoms with Gasteiger partial charge in [-0.05, 0) is 31.5 Å². The summed E-state index contributed by atoms with van der Waals surface area (Å²) < 4.78 is 0. The lowest BCUT2D eigenvalue weighted by Crippen LogP contribution is -2.31. The highest BCUT2D eigenvalue weighted by atomic mass is 32.2. The monoisotopic (exact) mass is 281 g/mol. The van der Waals surface area contributed by atoms with Crippen LogP contribution in [0.25, 0.3) is 0 Å². The zero-order chi connectivity index (χ0) is 14.3. The van der Waals surface area contributed by atoms with E-state index in [-0.39, 0.29) is 16.7 Å². The van der Waals surface area contributed by atoms with E-state index >= 15 is 0 Å². The van der Waals surface area contributed by atoms with Crippen LogP contribution < -0.4 is 5.32 Å². The topological polar surface area (TPSA) is 66.4 Å². The van der Waals surface area contributed by atoms with Crippen LogP contribution in [0.4, 0.5) is 0 Å². The van der Waals surface area contributed by atoms with E-state index in [1.54, 1.807) is 18.2 Å². The van der Waals surface area contributed by atoms with Gasteiger partial charge in [-0.1, -0.05) is 19.4 Å². The summed E-state index contributed by atoms with van der Waals surface area (Å²) in [6, 6.07) is 6.63. The second-order valence-electron chi connectivity index (χ2n) is 4.24. The molecule has 5 heteroatoms. The first-order valence-electron chi connectivity index (χ1n) is 6.32. The van der Waals surface area contributed by atoms with Crippen LogP contribution in [0.15, 0.2) is 29.2 Å². The predicted molar refractivity (Wildman–Crippen MR) is 76.6 cm³/mol. The molecule has 1 amide bonds. The number of carboxylic acids is 1. The van der Waals surface area contributed by atoms with Crippen LogP contribution in [-0.2, 0) is 4.79 Å². The number of carboxylic acid groups (broad SMARTS) is 1. The standard InChI is InChI=1S/C14H19NO3S/c1-3-4-8-15-13(16)10(2)19-12-7-5-6-11(9-12)14(17)18/h5-7,9-10H,3-4,8H2,1-2H3,(H,15,16)(H,17,18). The van der Waals surface area contributed by atoms with Crippen molar-refractivity contribution in [2.75, 3.05) is 6.54 Å². The van der Waals surface area contributed by atoms with E-state index in [4.69, 9.17) is 5.11 Å². The van der Waals surface area contributed by atoms with Gasteiger partial charge in [0.15, 0.2) is 0 Å². The van der Waals surface area contributed by atoms with Crippen LogP contribution in [0.3, 0.4) is 0 Å². The maximum absolute atomic E-state index is 11.8. The molecule has 0 aliphatic heterocycles. The second-order valence-corrected chi connectivity index (χ2v) is 5.65. The van der Waals surface area contributed by atoms with Crippen molar-refractivity contribution in [2.24, 2.45) is 0 Å². The van der Waals surface area contributed by atoms with Gasteiger partial charge in [0.1, 0.15) is 0 Å². The average Bonchev–Trinajstić information content (AvgIpc) is 2.39. The predicted octanol–water partition coefficient (Wildman–Crippen LogP) is 2.78. The maximum atomic E-state index is 11.8. The number of rotatable bonds is 7. The molecule has 1 unspecified atom stereocenters. The number of hydrogen-bond donors (Lipinski definition) is 2. The number of benzene rings is 1. The molecule has 1 aromatic carbocycles. The Kier molecular flexibility index (Phi) is 6.42. The van der Waals surface area contributed by atoms with E-state index in [9.17, 15) is 9.59 Å². The van der Waals surface area contributed by atoms with Crippen molar-refractivity contribution < 1.29 is 14.7 Å². The Hall–Kier alpha value is -1.49. The highest BCUT2D eigenvalue weighted by Crippen LogP contribution is 2.24. The molecule has 0 bridgehead atoms. The molecular formula is C14H19NO3S. The highest BCUT2D eigenvalue weighted by Gasteiger charge is 2.14. The molecule has 1 rings (SSSR count). The number of aromatic carboxylic acids is 1. The number of amides is 1. The van der Waals surface area contributed by atoms with E-state index in [2.05, 4.69) is 12.2 Å². The third kappa shape index (κ3) is 5.34. The number of thioether (sulfide) groups is 1. The van der Waals surface area contributed by atoms with Gasteiger partial charge in [0, 0.05) is 11.4 Å². The van der Waals surface area contributed by atoms with Crippen molar-refractivity contribution in [3.05, 3.63) is 29.8 Å². The molecule has 19 heavy (non-hydrogen) atoms. The molecule has 0 aliphatic rings. The summed E-state index contributed by atoms with van der Waals surface area (Å²) in [4.78, 5) is 23.4. The molecule has 0 radical (unpaired) electrons. The molecule has 1 aromatic rings. The van der Waals surface area contributed by atoms with Crippen LogP contribution in [0.2, 0.25) is 0 Å². The van der Waals surface area contributed by atoms with Crippen molar-refractivity contribution >= 4 is 23.6 Å². The lowest BCUT2D eigenvalue weighted by molar-refractivity contribution is -0.120. The van der Waals surface area contributed by atoms with Gasteiger partial charge in [0.25, 0.3) is 0 Å². The van der Waals surface area contributed by atoms with Crippen LogP contribution in [0, 0.1) is 0 Å². The number of nitrogens with one attached hydrogen (secondary N) is 1. The lowest BCUT2D eigenvalue weighted by atomic mass is 10.2. The molecule has 0 spiro atoms. The smallest absolute Gasteiger partial charge is 0.335 e. The Morgan fingerprint density at radius 3 is 2.79 bits per heavy atom. The summed E-state index contributed by atoms with van der Waals surface area (Å²) in [5.41, 5.74) is 0.239. The quantitative estimate of drug-likeness (QED) is 0.596. The van der Waals surface area contributed by atoms with Crippen molar-refractivity contribution in [2.45, 2.75) is 36.8 Å². The van der Waals surface area contributed by atoms with E-state index in [0.717, 1.165) is 17.7 Å². The van der Waals surface area contributed by atoms with E-state index in [0.29, 0.717) is 6.54 Å². The number of hydrogen-bond acceptors (Lipinski definition) is 3. The fourth-order valence-electron chi connectivity index (χ4n) is 1.49. The van der Waals surface area contributed by atoms with Gasteiger partial charge < -0.3 is 10.4 Å². The van der Waals surface area contributed by atoms with Crippen LogP contribution in [-0.4, -0.2) is 28.8 Å². The number of carbonyl (C=O) groups is 2. The van der Waals surface area contributed by atoms with Gasteiger partial charge in [-0.3, -0.25) is 4.79 Å². The zero-order valence-electron chi connectivity index (χ0n) is 11.2. The minimum atomic E-state index is -0.956. The summed E-state index contributed by atoms with van der Waals surface area (Å²) in [6.45, 7) is 4.58. The molecule has 0 aliphatic carbocycles. The van der Waals surface area contributed by atoms with Crippen LogP contribution in [0.1, 0.15) is 37.0 Å². The Labute approximate surface area is 117 Å². The zero-order valence-corrected chi connectivity index (χ0v) is 12.0. The third-order valence-electron chi connectivity index (χ3n) is 2.59. The first kappa shape index (κ1) is 15.6. The molecule has 2 N–H and O–H groups in total. The van der Waals surface area contributed by atoms with Gasteiger partial charge in [0.2, 0.25) is 5.91 Å². The van der Waals surface area contributed by atoms with Gasteiger partial charge in [-0.25, -0.2) is 4.79 Å². The van der Waals surface area contributed by atoms with Gasteiger partial charge in [-0.15, -0.1) is 11.8 Å². The molecular weight excluding hydrogens is 262 g/mol. The summed E-state index contributed by atoms with van der Waals surface area (Å²) >= 11 is 1.37. The van der Waals surface area contributed by atoms with Crippen molar-refractivity contribution in [1.29, 1.82) is 0 Å². The van der Waals surface area contributed by atoms with E-state index in [1.165, 1.54) is 11.8 Å². The normalized spacial score (nSPS) is 11.9. The van der Waals surface area contributed by atoms with Crippen LogP contribution in [0.5, 0.6) is 0 Å². The minimum Gasteiger partial charge on any atom is -0.478 e. The Bertz CT molecular complexity index is 448. The van der Waals surface area contributed by atoms with Gasteiger partial charge >= 0.3 is 5.97 Å². The molecule has 0 saturated heterocycles. The molecule has 0 saturated carbocycles. The Morgan fingerprint density at radius 1 is 1.42 bits per heavy atom. The lowest BCUT2D eigenvalue weighted by Gasteiger charge is -2.12. The summed E-state index contributed by atoms with van der Waals surface area (Å²) in [7, 11) is 0. The highest BCUT2D eigenvalue weighted by molar-refractivity contribution is 8.00. The summed E-state index contributed by atoms with van der Waals surface area (Å²) in [5, 5.41) is 11.5. The van der Waals surface area contributed by atoms with Gasteiger partial charge in [-0.2, -0.15) is 0 Å². The maximum Gasteiger partial charge on any atom is 0.335 e. The van der Waals surface area contributed by atoms with Crippen molar-refractivity contribution in [3.8, 4) is 0 Å². The Morgan fingerprint density at radius 2 is 2.16 bits per heavy atom. The minimum absolute atomic E-state index is 0.0146. The molecule has 0 fully saturated rings. The molecule has 0 heterocycles. The second kappa shape index (κ2) is 7.84. The first-order valence-corrected chi connectivity index (χ1v) is 7.20. The molecule has 0 aromatic heterocycles. The number of carbonyl (C=O) groups excluding carboxylic acids is 1. The first-order chi connectivity index (χ1) is 9.04. The summed E-state index contributed by atoms with van der Waals surface area (Å²) in [5.74, 6) is -0.971. The van der Waals surface area contributed by atoms with Crippen LogP contribution >= 0.6 is 11.8 Å². The molecule has 1 atom stereocenters. The summed E-state index contributed by atoms with van der Waals surface area (Å²) in [6.07, 6.45) is 2.01.